The molecule has 86 valence electrons. The second kappa shape index (κ2) is 4.42. The standard InChI is InChI=1S/C13H9ClOS2/c14-9-5-6-16-13(9)12(15)11-7-8-3-1-2-4-10(8)17-11/h1-7,12,15H. The van der Waals surface area contributed by atoms with Crippen molar-refractivity contribution >= 4 is 44.4 Å². The van der Waals surface area contributed by atoms with Gasteiger partial charge < -0.3 is 5.11 Å². The van der Waals surface area contributed by atoms with Gasteiger partial charge in [-0.1, -0.05) is 29.8 Å². The Kier molecular flexibility index (Phi) is 2.92. The van der Waals surface area contributed by atoms with Crippen LogP contribution in [0.3, 0.4) is 0 Å². The van der Waals surface area contributed by atoms with Crippen LogP contribution in [0.15, 0.2) is 41.8 Å². The summed E-state index contributed by atoms with van der Waals surface area (Å²) < 4.78 is 1.19. The Bertz CT molecular complexity index is 623. The lowest BCUT2D eigenvalue weighted by molar-refractivity contribution is 0.228. The third-order valence-electron chi connectivity index (χ3n) is 2.61. The van der Waals surface area contributed by atoms with Crippen molar-refractivity contribution in [1.29, 1.82) is 0 Å². The van der Waals surface area contributed by atoms with Gasteiger partial charge in [-0.2, -0.15) is 0 Å². The van der Waals surface area contributed by atoms with Crippen LogP contribution in [0.2, 0.25) is 5.02 Å². The average Bonchev–Trinajstić information content (AvgIpc) is 2.93. The number of rotatable bonds is 2. The van der Waals surface area contributed by atoms with Gasteiger partial charge in [-0.05, 0) is 29.0 Å². The first-order valence-electron chi connectivity index (χ1n) is 5.15. The number of hydrogen-bond donors (Lipinski definition) is 1. The highest BCUT2D eigenvalue weighted by Crippen LogP contribution is 2.37. The van der Waals surface area contributed by atoms with Gasteiger partial charge in [-0.25, -0.2) is 0 Å². The SMILES string of the molecule is OC(c1cc2ccccc2s1)c1sccc1Cl. The van der Waals surface area contributed by atoms with E-state index in [0.717, 1.165) is 9.75 Å². The van der Waals surface area contributed by atoms with E-state index >= 15 is 0 Å². The van der Waals surface area contributed by atoms with E-state index in [1.165, 1.54) is 21.4 Å². The Hall–Kier alpha value is -0.870. The largest absolute Gasteiger partial charge is 0.382 e. The van der Waals surface area contributed by atoms with E-state index in [4.69, 9.17) is 11.6 Å². The van der Waals surface area contributed by atoms with E-state index in [2.05, 4.69) is 12.1 Å². The van der Waals surface area contributed by atoms with Crippen molar-refractivity contribution in [2.75, 3.05) is 0 Å². The highest BCUT2D eigenvalue weighted by Gasteiger charge is 2.17. The number of thiophene rings is 2. The predicted octanol–water partition coefficient (Wildman–Crippen LogP) is 4.70. The van der Waals surface area contributed by atoms with Crippen molar-refractivity contribution in [1.82, 2.24) is 0 Å². The van der Waals surface area contributed by atoms with Gasteiger partial charge in [0.05, 0.1) is 9.90 Å². The lowest BCUT2D eigenvalue weighted by atomic mass is 10.2. The Morgan fingerprint density at radius 3 is 2.71 bits per heavy atom. The summed E-state index contributed by atoms with van der Waals surface area (Å²) in [5, 5.41) is 14.0. The minimum absolute atomic E-state index is 0.611. The summed E-state index contributed by atoms with van der Waals surface area (Å²) in [5.41, 5.74) is 0. The van der Waals surface area contributed by atoms with Crippen molar-refractivity contribution < 1.29 is 5.11 Å². The number of benzene rings is 1. The van der Waals surface area contributed by atoms with Crippen LogP contribution < -0.4 is 0 Å². The summed E-state index contributed by atoms with van der Waals surface area (Å²) in [6.45, 7) is 0. The van der Waals surface area contributed by atoms with E-state index in [1.54, 1.807) is 11.3 Å². The summed E-state index contributed by atoms with van der Waals surface area (Å²) in [4.78, 5) is 1.76. The molecule has 17 heavy (non-hydrogen) atoms. The van der Waals surface area contributed by atoms with Crippen LogP contribution in [0.25, 0.3) is 10.1 Å². The lowest BCUT2D eigenvalue weighted by Crippen LogP contribution is -1.93. The molecular weight excluding hydrogens is 272 g/mol. The second-order valence-corrected chi connectivity index (χ2v) is 6.19. The molecule has 0 spiro atoms. The Morgan fingerprint density at radius 2 is 2.00 bits per heavy atom. The summed E-state index contributed by atoms with van der Waals surface area (Å²) in [6, 6.07) is 12.0. The van der Waals surface area contributed by atoms with Crippen LogP contribution in [0.5, 0.6) is 0 Å². The molecule has 0 bridgehead atoms. The van der Waals surface area contributed by atoms with Crippen molar-refractivity contribution in [3.05, 3.63) is 56.6 Å². The molecule has 1 atom stereocenters. The van der Waals surface area contributed by atoms with Crippen molar-refractivity contribution in [3.8, 4) is 0 Å². The quantitative estimate of drug-likeness (QED) is 0.721. The van der Waals surface area contributed by atoms with Crippen LogP contribution in [-0.4, -0.2) is 5.11 Å². The van der Waals surface area contributed by atoms with Crippen molar-refractivity contribution in [2.24, 2.45) is 0 Å². The summed E-state index contributed by atoms with van der Waals surface area (Å²) in [7, 11) is 0. The molecule has 0 aliphatic carbocycles. The molecule has 0 aliphatic rings. The molecule has 2 heterocycles. The fraction of sp³-hybridized carbons (Fsp3) is 0.0769. The van der Waals surface area contributed by atoms with E-state index in [9.17, 15) is 5.11 Å². The van der Waals surface area contributed by atoms with Gasteiger partial charge >= 0.3 is 0 Å². The number of hydrogen-bond acceptors (Lipinski definition) is 3. The summed E-state index contributed by atoms with van der Waals surface area (Å²) in [6.07, 6.45) is -0.611. The molecular formula is C13H9ClOS2. The second-order valence-electron chi connectivity index (χ2n) is 3.72. The average molecular weight is 281 g/mol. The first-order valence-corrected chi connectivity index (χ1v) is 7.22. The molecule has 1 nitrogen and oxygen atoms in total. The smallest absolute Gasteiger partial charge is 0.124 e. The van der Waals surface area contributed by atoms with Crippen LogP contribution in [0.1, 0.15) is 15.9 Å². The first-order chi connectivity index (χ1) is 8.25. The first kappa shape index (κ1) is 11.2. The van der Waals surface area contributed by atoms with Gasteiger partial charge in [0.1, 0.15) is 6.10 Å². The van der Waals surface area contributed by atoms with Gasteiger partial charge in [-0.15, -0.1) is 22.7 Å². The molecule has 2 aromatic heterocycles. The molecule has 4 heteroatoms. The Labute approximate surface area is 112 Å². The summed E-state index contributed by atoms with van der Waals surface area (Å²) >= 11 is 9.14. The zero-order valence-corrected chi connectivity index (χ0v) is 11.1. The van der Waals surface area contributed by atoms with E-state index in [1.807, 2.05) is 29.6 Å². The monoisotopic (exact) mass is 280 g/mol. The van der Waals surface area contributed by atoms with E-state index in [0.29, 0.717) is 5.02 Å². The van der Waals surface area contributed by atoms with E-state index in [-0.39, 0.29) is 0 Å². The summed E-state index contributed by atoms with van der Waals surface area (Å²) in [5.74, 6) is 0. The van der Waals surface area contributed by atoms with Gasteiger partial charge in [0.2, 0.25) is 0 Å². The van der Waals surface area contributed by atoms with Crippen LogP contribution in [0.4, 0.5) is 0 Å². The number of halogens is 1. The third-order valence-corrected chi connectivity index (χ3v) is 5.19. The van der Waals surface area contributed by atoms with Gasteiger partial charge in [0, 0.05) is 9.58 Å². The molecule has 0 saturated carbocycles. The lowest BCUT2D eigenvalue weighted by Gasteiger charge is -2.05. The van der Waals surface area contributed by atoms with Crippen molar-refractivity contribution in [3.63, 3.8) is 0 Å². The maximum absolute atomic E-state index is 10.3. The Morgan fingerprint density at radius 1 is 1.18 bits per heavy atom. The molecule has 3 aromatic rings. The zero-order chi connectivity index (χ0) is 11.8. The molecule has 0 amide bonds. The topological polar surface area (TPSA) is 20.2 Å². The van der Waals surface area contributed by atoms with Crippen LogP contribution >= 0.6 is 34.3 Å². The zero-order valence-electron chi connectivity index (χ0n) is 8.76. The Balaban J connectivity index is 2.07. The van der Waals surface area contributed by atoms with Gasteiger partial charge in [0.15, 0.2) is 0 Å². The fourth-order valence-corrected chi connectivity index (χ4v) is 4.06. The minimum Gasteiger partial charge on any atom is -0.382 e. The normalized spacial score (nSPS) is 13.1. The van der Waals surface area contributed by atoms with Gasteiger partial charge in [0.25, 0.3) is 0 Å². The van der Waals surface area contributed by atoms with Gasteiger partial charge in [-0.3, -0.25) is 0 Å². The van der Waals surface area contributed by atoms with Crippen LogP contribution in [-0.2, 0) is 0 Å². The molecule has 0 aliphatic heterocycles. The molecule has 0 saturated heterocycles. The number of fused-ring (bicyclic) bond motifs is 1. The number of aliphatic hydroxyl groups excluding tert-OH is 1. The number of aliphatic hydroxyl groups is 1. The molecule has 3 rings (SSSR count). The molecule has 1 unspecified atom stereocenters. The maximum Gasteiger partial charge on any atom is 0.124 e. The highest BCUT2D eigenvalue weighted by atomic mass is 35.5. The maximum atomic E-state index is 10.3. The van der Waals surface area contributed by atoms with Crippen LogP contribution in [0, 0.1) is 0 Å². The fourth-order valence-electron chi connectivity index (χ4n) is 1.77. The van der Waals surface area contributed by atoms with E-state index < -0.39 is 6.10 Å². The predicted molar refractivity (Wildman–Crippen MR) is 75.2 cm³/mol. The molecule has 1 N–H and O–H groups in total. The molecule has 0 fully saturated rings. The molecule has 0 radical (unpaired) electrons. The molecule has 1 aromatic carbocycles. The minimum atomic E-state index is -0.611. The highest BCUT2D eigenvalue weighted by molar-refractivity contribution is 7.19. The third kappa shape index (κ3) is 2.00. The van der Waals surface area contributed by atoms with Crippen molar-refractivity contribution in [2.45, 2.75) is 6.10 Å².